The van der Waals surface area contributed by atoms with Gasteiger partial charge in [0.2, 0.25) is 0 Å². The van der Waals surface area contributed by atoms with E-state index in [0.717, 1.165) is 0 Å². The quantitative estimate of drug-likeness (QED) is 0.537. The van der Waals surface area contributed by atoms with Crippen molar-refractivity contribution in [1.82, 2.24) is 4.90 Å². The third kappa shape index (κ3) is 2.95. The van der Waals surface area contributed by atoms with E-state index in [-0.39, 0.29) is 12.0 Å². The van der Waals surface area contributed by atoms with Crippen molar-refractivity contribution in [3.63, 3.8) is 0 Å². The Hall–Kier alpha value is -1.56. The van der Waals surface area contributed by atoms with Gasteiger partial charge in [-0.05, 0) is 20.8 Å². The summed E-state index contributed by atoms with van der Waals surface area (Å²) < 4.78 is 15.8. The Morgan fingerprint density at radius 2 is 2.05 bits per heavy atom. The number of carbonyl (C=O) groups is 2. The molecule has 0 saturated carbocycles. The highest BCUT2D eigenvalue weighted by molar-refractivity contribution is 5.83. The first-order valence-electron chi connectivity index (χ1n) is 6.69. The van der Waals surface area contributed by atoms with E-state index in [0.29, 0.717) is 13.2 Å². The van der Waals surface area contributed by atoms with Crippen LogP contribution < -0.4 is 0 Å². The number of esters is 1. The van der Waals surface area contributed by atoms with Crippen LogP contribution in [-0.4, -0.2) is 55.0 Å². The third-order valence-corrected chi connectivity index (χ3v) is 3.32. The van der Waals surface area contributed by atoms with E-state index < -0.39 is 23.7 Å². The number of hydrogen-bond acceptors (Lipinski definition) is 5. The highest BCUT2D eigenvalue weighted by Crippen LogP contribution is 2.32. The Morgan fingerprint density at radius 3 is 2.65 bits per heavy atom. The molecule has 0 N–H and O–H groups in total. The van der Waals surface area contributed by atoms with Crippen LogP contribution in [0.5, 0.6) is 0 Å². The van der Waals surface area contributed by atoms with E-state index in [4.69, 9.17) is 14.2 Å². The summed E-state index contributed by atoms with van der Waals surface area (Å²) >= 11 is 0. The largest absolute Gasteiger partial charge is 0.467 e. The molecule has 0 radical (unpaired) electrons. The second-order valence-electron chi connectivity index (χ2n) is 5.99. The molecule has 0 aromatic heterocycles. The number of nitrogens with zero attached hydrogens (tertiary/aromatic N) is 1. The maximum absolute atomic E-state index is 12.3. The van der Waals surface area contributed by atoms with E-state index in [2.05, 4.69) is 0 Å². The van der Waals surface area contributed by atoms with E-state index >= 15 is 0 Å². The summed E-state index contributed by atoms with van der Waals surface area (Å²) in [5.74, 6) is -0.473. The Bertz CT molecular complexity index is 426. The average Bonchev–Trinajstić information content (AvgIpc) is 2.75. The number of ether oxygens (including phenoxy) is 3. The molecule has 1 amide bonds. The van der Waals surface area contributed by atoms with E-state index in [1.54, 1.807) is 20.8 Å². The molecule has 0 aromatic carbocycles. The van der Waals surface area contributed by atoms with E-state index in [9.17, 15) is 9.59 Å². The van der Waals surface area contributed by atoms with Crippen molar-refractivity contribution in [2.45, 2.75) is 38.5 Å². The molecule has 2 heterocycles. The van der Waals surface area contributed by atoms with Gasteiger partial charge in [0, 0.05) is 12.5 Å². The fraction of sp³-hybridized carbons (Fsp3) is 0.714. The van der Waals surface area contributed by atoms with Crippen LogP contribution in [0.2, 0.25) is 0 Å². The Kier molecular flexibility index (Phi) is 4.04. The second-order valence-corrected chi connectivity index (χ2v) is 5.99. The van der Waals surface area contributed by atoms with Gasteiger partial charge in [0.15, 0.2) is 6.04 Å². The third-order valence-electron chi connectivity index (χ3n) is 3.32. The smallest absolute Gasteiger partial charge is 0.411 e. The zero-order chi connectivity index (χ0) is 14.9. The van der Waals surface area contributed by atoms with Gasteiger partial charge in [-0.1, -0.05) is 12.2 Å². The summed E-state index contributed by atoms with van der Waals surface area (Å²) in [5.41, 5.74) is -0.609. The molecule has 2 rings (SSSR count). The van der Waals surface area contributed by atoms with Gasteiger partial charge in [-0.15, -0.1) is 0 Å². The first-order valence-corrected chi connectivity index (χ1v) is 6.69. The molecule has 0 unspecified atom stereocenters. The van der Waals surface area contributed by atoms with Crippen LogP contribution in [0.4, 0.5) is 4.79 Å². The summed E-state index contributed by atoms with van der Waals surface area (Å²) in [6, 6.07) is -0.746. The minimum absolute atomic E-state index is 0.000341. The molecule has 1 saturated heterocycles. The van der Waals surface area contributed by atoms with Gasteiger partial charge in [-0.3, -0.25) is 4.90 Å². The molecule has 6 nitrogen and oxygen atoms in total. The van der Waals surface area contributed by atoms with Crippen LogP contribution in [0.15, 0.2) is 12.2 Å². The number of likely N-dealkylation sites (tertiary alicyclic amines) is 1. The molecule has 0 bridgehead atoms. The molecule has 112 valence electrons. The highest BCUT2D eigenvalue weighted by atomic mass is 16.6. The first-order chi connectivity index (χ1) is 9.33. The lowest BCUT2D eigenvalue weighted by Crippen LogP contribution is -2.48. The molecule has 0 aromatic rings. The minimum atomic E-state index is -0.746. The maximum Gasteiger partial charge on any atom is 0.411 e. The van der Waals surface area contributed by atoms with Crippen LogP contribution in [-0.2, 0) is 19.0 Å². The zero-order valence-corrected chi connectivity index (χ0v) is 12.3. The molecule has 2 aliphatic heterocycles. The highest BCUT2D eigenvalue weighted by Gasteiger charge is 2.50. The van der Waals surface area contributed by atoms with Gasteiger partial charge >= 0.3 is 12.1 Å². The fourth-order valence-corrected chi connectivity index (χ4v) is 2.53. The van der Waals surface area contributed by atoms with Gasteiger partial charge in [-0.25, -0.2) is 9.59 Å². The van der Waals surface area contributed by atoms with Gasteiger partial charge in [0.25, 0.3) is 0 Å². The Labute approximate surface area is 118 Å². The van der Waals surface area contributed by atoms with Crippen LogP contribution in [0.3, 0.4) is 0 Å². The van der Waals surface area contributed by atoms with Gasteiger partial charge < -0.3 is 14.2 Å². The van der Waals surface area contributed by atoms with Crippen LogP contribution in [0, 0.1) is 5.92 Å². The molecular formula is C14H21NO5. The summed E-state index contributed by atoms with van der Waals surface area (Å²) in [7, 11) is 1.31. The van der Waals surface area contributed by atoms with Crippen molar-refractivity contribution in [1.29, 1.82) is 0 Å². The standard InChI is InChI=1S/C14H21NO5/c1-14(2,3)20-13(17)15-8-9-6-5-7-19-11(9)10(15)12(16)18-4/h5-6,9-11H,7-8H2,1-4H3/t9-,10-,11+/m0/s1. The summed E-state index contributed by atoms with van der Waals surface area (Å²) in [6.07, 6.45) is 3.00. The molecule has 0 spiro atoms. The topological polar surface area (TPSA) is 65.1 Å². The Morgan fingerprint density at radius 1 is 1.35 bits per heavy atom. The predicted octanol–water partition coefficient (Wildman–Crippen LogP) is 1.35. The van der Waals surface area contributed by atoms with Crippen molar-refractivity contribution >= 4 is 12.1 Å². The molecule has 20 heavy (non-hydrogen) atoms. The fourth-order valence-electron chi connectivity index (χ4n) is 2.53. The number of fused-ring (bicyclic) bond motifs is 1. The van der Waals surface area contributed by atoms with E-state index in [1.807, 2.05) is 12.2 Å². The zero-order valence-electron chi connectivity index (χ0n) is 12.3. The molecule has 3 atom stereocenters. The van der Waals surface area contributed by atoms with Crippen LogP contribution in [0.25, 0.3) is 0 Å². The number of hydrogen-bond donors (Lipinski definition) is 0. The summed E-state index contributed by atoms with van der Waals surface area (Å²) in [4.78, 5) is 25.6. The average molecular weight is 283 g/mol. The molecule has 2 aliphatic rings. The number of carbonyl (C=O) groups excluding carboxylic acids is 2. The molecule has 6 heteroatoms. The summed E-state index contributed by atoms with van der Waals surface area (Å²) in [5, 5.41) is 0. The van der Waals surface area contributed by atoms with E-state index in [1.165, 1.54) is 12.0 Å². The minimum Gasteiger partial charge on any atom is -0.467 e. The maximum atomic E-state index is 12.3. The second kappa shape index (κ2) is 5.44. The molecule has 1 fully saturated rings. The normalized spacial score (nSPS) is 29.0. The van der Waals surface area contributed by atoms with Crippen molar-refractivity contribution < 1.29 is 23.8 Å². The molecule has 0 aliphatic carbocycles. The SMILES string of the molecule is COC(=O)[C@@H]1[C@@H]2OCC=C[C@H]2CN1C(=O)OC(C)(C)C. The van der Waals surface area contributed by atoms with Crippen molar-refractivity contribution in [2.75, 3.05) is 20.3 Å². The number of methoxy groups -OCH3 is 1. The first kappa shape index (κ1) is 14.8. The molecular weight excluding hydrogens is 262 g/mol. The summed E-state index contributed by atoms with van der Waals surface area (Å²) in [6.45, 7) is 6.21. The van der Waals surface area contributed by atoms with Crippen LogP contribution in [0.1, 0.15) is 20.8 Å². The van der Waals surface area contributed by atoms with Crippen molar-refractivity contribution in [2.24, 2.45) is 5.92 Å². The van der Waals surface area contributed by atoms with Crippen LogP contribution >= 0.6 is 0 Å². The lowest BCUT2D eigenvalue weighted by Gasteiger charge is -2.29. The lowest BCUT2D eigenvalue weighted by atomic mass is 9.99. The van der Waals surface area contributed by atoms with Crippen molar-refractivity contribution in [3.05, 3.63) is 12.2 Å². The predicted molar refractivity (Wildman–Crippen MR) is 71.1 cm³/mol. The number of amides is 1. The van der Waals surface area contributed by atoms with Gasteiger partial charge in [0.05, 0.1) is 19.8 Å². The van der Waals surface area contributed by atoms with Gasteiger partial charge in [0.1, 0.15) is 5.60 Å². The number of rotatable bonds is 1. The lowest BCUT2D eigenvalue weighted by molar-refractivity contribution is -0.150. The van der Waals surface area contributed by atoms with Gasteiger partial charge in [-0.2, -0.15) is 0 Å². The van der Waals surface area contributed by atoms with Crippen molar-refractivity contribution in [3.8, 4) is 0 Å². The Balaban J connectivity index is 2.20. The monoisotopic (exact) mass is 283 g/mol.